The Morgan fingerprint density at radius 1 is 1.29 bits per heavy atom. The van der Waals surface area contributed by atoms with E-state index >= 15 is 0 Å². The summed E-state index contributed by atoms with van der Waals surface area (Å²) in [6.45, 7) is 6.88. The van der Waals surface area contributed by atoms with Crippen molar-refractivity contribution in [3.05, 3.63) is 15.3 Å². The van der Waals surface area contributed by atoms with Crippen molar-refractivity contribution >= 4 is 27.1 Å². The fourth-order valence-corrected chi connectivity index (χ4v) is 5.36. The summed E-state index contributed by atoms with van der Waals surface area (Å²) in [5.74, 6) is -1.22. The Morgan fingerprint density at radius 3 is 2.24 bits per heavy atom. The van der Waals surface area contributed by atoms with Crippen molar-refractivity contribution in [2.45, 2.75) is 32.6 Å². The van der Waals surface area contributed by atoms with E-state index in [1.165, 1.54) is 11.3 Å². The summed E-state index contributed by atoms with van der Waals surface area (Å²) in [6, 6.07) is 0. The first-order valence-corrected chi connectivity index (χ1v) is 7.69. The number of aryl methyl sites for hydroxylation is 2. The van der Waals surface area contributed by atoms with Gasteiger partial charge in [0.1, 0.15) is 0 Å². The normalized spacial score (nSPS) is 12.1. The van der Waals surface area contributed by atoms with Crippen molar-refractivity contribution in [2.75, 3.05) is 5.75 Å². The van der Waals surface area contributed by atoms with Crippen molar-refractivity contribution in [3.8, 4) is 0 Å². The van der Waals surface area contributed by atoms with Crippen LogP contribution in [0.1, 0.15) is 34.0 Å². The van der Waals surface area contributed by atoms with E-state index in [0.717, 1.165) is 0 Å². The number of carboxylic acids is 1. The number of hydrogen-bond acceptors (Lipinski definition) is 4. The molecule has 6 heteroatoms. The summed E-state index contributed by atoms with van der Waals surface area (Å²) >= 11 is 1.22. The number of thiophene rings is 1. The summed E-state index contributed by atoms with van der Waals surface area (Å²) in [6.07, 6.45) is 0. The second-order valence-corrected chi connectivity index (χ2v) is 7.80. The van der Waals surface area contributed by atoms with Crippen LogP contribution in [0.3, 0.4) is 0 Å². The van der Waals surface area contributed by atoms with Gasteiger partial charge in [-0.05, 0) is 19.8 Å². The SMILES string of the molecule is Cc1sc(C)c(S(=O)(=O)CC(C)C)c1C(=O)O. The highest BCUT2D eigenvalue weighted by molar-refractivity contribution is 7.91. The lowest BCUT2D eigenvalue weighted by Gasteiger charge is -2.08. The summed E-state index contributed by atoms with van der Waals surface area (Å²) < 4.78 is 24.3. The third-order valence-electron chi connectivity index (χ3n) is 2.28. The Hall–Kier alpha value is -0.880. The average molecular weight is 276 g/mol. The van der Waals surface area contributed by atoms with Crippen molar-refractivity contribution in [1.82, 2.24) is 0 Å². The molecule has 0 aromatic carbocycles. The third kappa shape index (κ3) is 2.87. The van der Waals surface area contributed by atoms with Gasteiger partial charge in [0.25, 0.3) is 0 Å². The smallest absolute Gasteiger partial charge is 0.338 e. The monoisotopic (exact) mass is 276 g/mol. The molecule has 0 bridgehead atoms. The highest BCUT2D eigenvalue weighted by Crippen LogP contribution is 2.32. The van der Waals surface area contributed by atoms with Crippen LogP contribution in [-0.4, -0.2) is 25.2 Å². The fraction of sp³-hybridized carbons (Fsp3) is 0.545. The average Bonchev–Trinajstić information content (AvgIpc) is 2.38. The minimum Gasteiger partial charge on any atom is -0.478 e. The maximum Gasteiger partial charge on any atom is 0.338 e. The Balaban J connectivity index is 3.46. The number of sulfone groups is 1. The topological polar surface area (TPSA) is 71.4 Å². The van der Waals surface area contributed by atoms with Gasteiger partial charge in [0.2, 0.25) is 0 Å². The van der Waals surface area contributed by atoms with E-state index in [1.54, 1.807) is 27.7 Å². The van der Waals surface area contributed by atoms with E-state index in [-0.39, 0.29) is 22.1 Å². The van der Waals surface area contributed by atoms with Gasteiger partial charge in [-0.2, -0.15) is 0 Å². The van der Waals surface area contributed by atoms with Gasteiger partial charge < -0.3 is 5.11 Å². The number of aromatic carboxylic acids is 1. The van der Waals surface area contributed by atoms with E-state index in [1.807, 2.05) is 0 Å². The lowest BCUT2D eigenvalue weighted by molar-refractivity contribution is 0.0692. The van der Waals surface area contributed by atoms with Crippen LogP contribution in [0, 0.1) is 19.8 Å². The van der Waals surface area contributed by atoms with Crippen LogP contribution in [0.4, 0.5) is 0 Å². The molecule has 0 aliphatic rings. The molecule has 4 nitrogen and oxygen atoms in total. The van der Waals surface area contributed by atoms with E-state index < -0.39 is 15.8 Å². The standard InChI is InChI=1S/C11H16O4S2/c1-6(2)5-17(14,15)10-8(4)16-7(3)9(10)11(12)13/h6H,5H2,1-4H3,(H,12,13). The van der Waals surface area contributed by atoms with Gasteiger partial charge in [-0.25, -0.2) is 13.2 Å². The highest BCUT2D eigenvalue weighted by Gasteiger charge is 2.29. The van der Waals surface area contributed by atoms with Gasteiger partial charge >= 0.3 is 5.97 Å². The Bertz CT molecular complexity index is 538. The first-order chi connectivity index (χ1) is 7.66. The molecule has 1 aromatic rings. The van der Waals surface area contributed by atoms with Crippen molar-refractivity contribution in [2.24, 2.45) is 5.92 Å². The van der Waals surface area contributed by atoms with Gasteiger partial charge in [0, 0.05) is 9.75 Å². The third-order valence-corrected chi connectivity index (χ3v) is 5.67. The number of hydrogen-bond donors (Lipinski definition) is 1. The summed E-state index contributed by atoms with van der Waals surface area (Å²) in [4.78, 5) is 12.2. The molecule has 0 saturated carbocycles. The second kappa shape index (κ2) is 4.78. The van der Waals surface area contributed by atoms with E-state index in [2.05, 4.69) is 0 Å². The van der Waals surface area contributed by atoms with Crippen molar-refractivity contribution in [1.29, 1.82) is 0 Å². The largest absolute Gasteiger partial charge is 0.478 e. The van der Waals surface area contributed by atoms with Gasteiger partial charge in [-0.1, -0.05) is 13.8 Å². The van der Waals surface area contributed by atoms with Gasteiger partial charge in [-0.15, -0.1) is 11.3 Å². The van der Waals surface area contributed by atoms with Gasteiger partial charge in [-0.3, -0.25) is 0 Å². The van der Waals surface area contributed by atoms with Crippen LogP contribution in [0.2, 0.25) is 0 Å². The van der Waals surface area contributed by atoms with Gasteiger partial charge in [0.15, 0.2) is 9.84 Å². The number of carboxylic acid groups (broad SMARTS) is 1. The molecule has 0 saturated heterocycles. The molecule has 0 radical (unpaired) electrons. The lowest BCUT2D eigenvalue weighted by Crippen LogP contribution is -2.15. The predicted octanol–water partition coefficient (Wildman–Crippen LogP) is 2.49. The molecule has 1 aromatic heterocycles. The fourth-order valence-electron chi connectivity index (χ4n) is 1.81. The molecule has 0 amide bonds. The van der Waals surface area contributed by atoms with Crippen LogP contribution in [0.5, 0.6) is 0 Å². The maximum absolute atomic E-state index is 12.1. The molecule has 0 atom stereocenters. The molecule has 17 heavy (non-hydrogen) atoms. The van der Waals surface area contributed by atoms with Crippen LogP contribution in [0.15, 0.2) is 4.90 Å². The molecule has 1 rings (SSSR count). The molecule has 96 valence electrons. The van der Waals surface area contributed by atoms with Crippen LogP contribution < -0.4 is 0 Å². The molecule has 0 fully saturated rings. The predicted molar refractivity (Wildman–Crippen MR) is 67.6 cm³/mol. The summed E-state index contributed by atoms with van der Waals surface area (Å²) in [5.41, 5.74) is -0.0619. The molecule has 0 aliphatic heterocycles. The number of rotatable bonds is 4. The van der Waals surface area contributed by atoms with Crippen LogP contribution >= 0.6 is 11.3 Å². The summed E-state index contributed by atoms with van der Waals surface area (Å²) in [5, 5.41) is 9.10. The zero-order valence-electron chi connectivity index (χ0n) is 10.3. The molecule has 1 heterocycles. The van der Waals surface area contributed by atoms with Crippen molar-refractivity contribution in [3.63, 3.8) is 0 Å². The highest BCUT2D eigenvalue weighted by atomic mass is 32.2. The Kier molecular flexibility index (Phi) is 3.99. The number of carbonyl (C=O) groups is 1. The molecular weight excluding hydrogens is 260 g/mol. The minimum absolute atomic E-state index is 0.00111. The molecule has 0 unspecified atom stereocenters. The quantitative estimate of drug-likeness (QED) is 0.917. The molecule has 1 N–H and O–H groups in total. The van der Waals surface area contributed by atoms with E-state index in [4.69, 9.17) is 5.11 Å². The Morgan fingerprint density at radius 2 is 1.82 bits per heavy atom. The van der Waals surface area contributed by atoms with E-state index in [9.17, 15) is 13.2 Å². The maximum atomic E-state index is 12.1. The van der Waals surface area contributed by atoms with E-state index in [0.29, 0.717) is 9.75 Å². The minimum atomic E-state index is -3.52. The first-order valence-electron chi connectivity index (χ1n) is 5.23. The van der Waals surface area contributed by atoms with Crippen LogP contribution in [0.25, 0.3) is 0 Å². The van der Waals surface area contributed by atoms with Gasteiger partial charge in [0.05, 0.1) is 16.2 Å². The second-order valence-electron chi connectivity index (χ2n) is 4.40. The zero-order chi connectivity index (χ0) is 13.4. The Labute approximate surface area is 105 Å². The molecular formula is C11H16O4S2. The van der Waals surface area contributed by atoms with Crippen molar-refractivity contribution < 1.29 is 18.3 Å². The molecule has 0 aliphatic carbocycles. The first kappa shape index (κ1) is 14.2. The summed E-state index contributed by atoms with van der Waals surface area (Å²) in [7, 11) is -3.52. The molecule has 0 spiro atoms. The lowest BCUT2D eigenvalue weighted by atomic mass is 10.2. The zero-order valence-corrected chi connectivity index (χ0v) is 11.9. The van der Waals surface area contributed by atoms with Crippen LogP contribution in [-0.2, 0) is 9.84 Å².